The molecule has 0 saturated carbocycles. The second-order valence-electron chi connectivity index (χ2n) is 7.35. The fourth-order valence-corrected chi connectivity index (χ4v) is 3.46. The van der Waals surface area contributed by atoms with Gasteiger partial charge in [0.15, 0.2) is 5.76 Å². The zero-order valence-corrected chi connectivity index (χ0v) is 15.5. The average molecular weight is 343 g/mol. The highest BCUT2D eigenvalue weighted by Crippen LogP contribution is 2.25. The van der Waals surface area contributed by atoms with Crippen molar-refractivity contribution >= 4 is 16.9 Å². The van der Waals surface area contributed by atoms with Crippen LogP contribution >= 0.6 is 0 Å². The van der Waals surface area contributed by atoms with Crippen LogP contribution in [0.25, 0.3) is 11.0 Å². The van der Waals surface area contributed by atoms with Crippen molar-refractivity contribution in [3.63, 3.8) is 0 Å². The molecule has 25 heavy (non-hydrogen) atoms. The molecular formula is C20H29N3O2. The van der Waals surface area contributed by atoms with Gasteiger partial charge in [0.25, 0.3) is 5.91 Å². The molecule has 1 aromatic carbocycles. The molecule has 1 amide bonds. The molecule has 5 nitrogen and oxygen atoms in total. The lowest BCUT2D eigenvalue weighted by atomic mass is 9.96. The van der Waals surface area contributed by atoms with Gasteiger partial charge in [-0.25, -0.2) is 0 Å². The SMILES string of the molecule is Cc1c(C(=O)NCC2CCN(CCN(C)C)CC2)oc2ccccc12. The molecule has 1 fully saturated rings. The number of furan rings is 1. The number of hydrogen-bond donors (Lipinski definition) is 1. The highest BCUT2D eigenvalue weighted by molar-refractivity contribution is 5.98. The molecule has 2 aromatic rings. The predicted octanol–water partition coefficient (Wildman–Crippen LogP) is 2.74. The molecule has 1 N–H and O–H groups in total. The summed E-state index contributed by atoms with van der Waals surface area (Å²) in [4.78, 5) is 17.2. The van der Waals surface area contributed by atoms with E-state index in [1.165, 1.54) is 0 Å². The second-order valence-corrected chi connectivity index (χ2v) is 7.35. The van der Waals surface area contributed by atoms with Gasteiger partial charge in [0.05, 0.1) is 0 Å². The van der Waals surface area contributed by atoms with Crippen molar-refractivity contribution in [1.29, 1.82) is 0 Å². The molecule has 0 bridgehead atoms. The number of fused-ring (bicyclic) bond motifs is 1. The number of amides is 1. The van der Waals surface area contributed by atoms with E-state index in [0.29, 0.717) is 11.7 Å². The summed E-state index contributed by atoms with van der Waals surface area (Å²) >= 11 is 0. The summed E-state index contributed by atoms with van der Waals surface area (Å²) in [5.41, 5.74) is 1.70. The molecule has 1 aromatic heterocycles. The number of carbonyl (C=O) groups is 1. The van der Waals surface area contributed by atoms with Crippen LogP contribution in [-0.2, 0) is 0 Å². The van der Waals surface area contributed by atoms with E-state index >= 15 is 0 Å². The van der Waals surface area contributed by atoms with Gasteiger partial charge in [-0.2, -0.15) is 0 Å². The summed E-state index contributed by atoms with van der Waals surface area (Å²) in [5.74, 6) is 0.914. The van der Waals surface area contributed by atoms with Crippen molar-refractivity contribution < 1.29 is 9.21 Å². The summed E-state index contributed by atoms with van der Waals surface area (Å²) in [6.07, 6.45) is 2.29. The van der Waals surface area contributed by atoms with E-state index in [4.69, 9.17) is 4.42 Å². The summed E-state index contributed by atoms with van der Waals surface area (Å²) in [6, 6.07) is 7.80. The van der Waals surface area contributed by atoms with Crippen LogP contribution in [0, 0.1) is 12.8 Å². The van der Waals surface area contributed by atoms with E-state index in [-0.39, 0.29) is 5.91 Å². The number of likely N-dealkylation sites (N-methyl/N-ethyl adjacent to an activating group) is 1. The van der Waals surface area contributed by atoms with Gasteiger partial charge in [0, 0.05) is 30.6 Å². The molecule has 0 spiro atoms. The summed E-state index contributed by atoms with van der Waals surface area (Å²) in [7, 11) is 4.23. The molecule has 0 atom stereocenters. The van der Waals surface area contributed by atoms with Crippen LogP contribution in [0.4, 0.5) is 0 Å². The molecule has 0 unspecified atom stereocenters. The van der Waals surface area contributed by atoms with Crippen LogP contribution < -0.4 is 5.32 Å². The Kier molecular flexibility index (Phi) is 5.76. The van der Waals surface area contributed by atoms with Gasteiger partial charge < -0.3 is 19.5 Å². The molecule has 0 aliphatic carbocycles. The molecule has 0 radical (unpaired) electrons. The van der Waals surface area contributed by atoms with Crippen LogP contribution in [0.3, 0.4) is 0 Å². The summed E-state index contributed by atoms with van der Waals surface area (Å²) in [6.45, 7) is 7.16. The lowest BCUT2D eigenvalue weighted by molar-refractivity contribution is 0.0909. The maximum absolute atomic E-state index is 12.5. The number of hydrogen-bond acceptors (Lipinski definition) is 4. The maximum atomic E-state index is 12.5. The average Bonchev–Trinajstić information content (AvgIpc) is 2.96. The van der Waals surface area contributed by atoms with E-state index in [0.717, 1.165) is 62.1 Å². The standard InChI is InChI=1S/C20H29N3O2/c1-15-17-6-4-5-7-18(17)25-19(15)20(24)21-14-16-8-10-23(11-9-16)13-12-22(2)3/h4-7,16H,8-14H2,1-3H3,(H,21,24). The molecule has 1 aliphatic heterocycles. The number of aryl methyl sites for hydroxylation is 1. The van der Waals surface area contributed by atoms with Crippen molar-refractivity contribution in [3.05, 3.63) is 35.6 Å². The zero-order chi connectivity index (χ0) is 17.8. The van der Waals surface area contributed by atoms with Gasteiger partial charge in [-0.05, 0) is 58.9 Å². The van der Waals surface area contributed by atoms with E-state index in [2.05, 4.69) is 29.2 Å². The minimum absolute atomic E-state index is 0.0938. The molecule has 2 heterocycles. The van der Waals surface area contributed by atoms with Crippen molar-refractivity contribution in [2.75, 3.05) is 46.8 Å². The minimum atomic E-state index is -0.0938. The van der Waals surface area contributed by atoms with E-state index < -0.39 is 0 Å². The zero-order valence-electron chi connectivity index (χ0n) is 15.5. The third kappa shape index (κ3) is 4.41. The Morgan fingerprint density at radius 3 is 2.68 bits per heavy atom. The summed E-state index contributed by atoms with van der Waals surface area (Å²) in [5, 5.41) is 4.09. The van der Waals surface area contributed by atoms with Gasteiger partial charge in [-0.3, -0.25) is 4.79 Å². The lowest BCUT2D eigenvalue weighted by Gasteiger charge is -2.32. The van der Waals surface area contributed by atoms with Crippen molar-refractivity contribution in [2.45, 2.75) is 19.8 Å². The van der Waals surface area contributed by atoms with Crippen molar-refractivity contribution in [1.82, 2.24) is 15.1 Å². The number of piperidine rings is 1. The van der Waals surface area contributed by atoms with Crippen molar-refractivity contribution in [2.24, 2.45) is 5.92 Å². The smallest absolute Gasteiger partial charge is 0.287 e. The van der Waals surface area contributed by atoms with Crippen LogP contribution in [0.15, 0.2) is 28.7 Å². The van der Waals surface area contributed by atoms with Gasteiger partial charge in [0.2, 0.25) is 0 Å². The molecule has 1 aliphatic rings. The maximum Gasteiger partial charge on any atom is 0.287 e. The second kappa shape index (κ2) is 8.02. The Balaban J connectivity index is 1.49. The summed E-state index contributed by atoms with van der Waals surface area (Å²) < 4.78 is 5.75. The topological polar surface area (TPSA) is 48.7 Å². The number of para-hydroxylation sites is 1. The molecule has 5 heteroatoms. The first-order chi connectivity index (χ1) is 12.0. The molecule has 1 saturated heterocycles. The number of nitrogens with one attached hydrogen (secondary N) is 1. The third-order valence-corrected chi connectivity index (χ3v) is 5.17. The van der Waals surface area contributed by atoms with E-state index in [1.807, 2.05) is 31.2 Å². The predicted molar refractivity (Wildman–Crippen MR) is 101 cm³/mol. The van der Waals surface area contributed by atoms with E-state index in [9.17, 15) is 4.79 Å². The van der Waals surface area contributed by atoms with Crippen LogP contribution in [0.2, 0.25) is 0 Å². The first-order valence-electron chi connectivity index (χ1n) is 9.18. The Morgan fingerprint density at radius 2 is 2.00 bits per heavy atom. The lowest BCUT2D eigenvalue weighted by Crippen LogP contribution is -2.41. The highest BCUT2D eigenvalue weighted by Gasteiger charge is 2.22. The quantitative estimate of drug-likeness (QED) is 0.876. The number of likely N-dealkylation sites (tertiary alicyclic amines) is 1. The van der Waals surface area contributed by atoms with Gasteiger partial charge in [-0.1, -0.05) is 18.2 Å². The fourth-order valence-electron chi connectivity index (χ4n) is 3.46. The Hall–Kier alpha value is -1.85. The van der Waals surface area contributed by atoms with Gasteiger partial charge in [0.1, 0.15) is 5.58 Å². The largest absolute Gasteiger partial charge is 0.451 e. The Morgan fingerprint density at radius 1 is 1.28 bits per heavy atom. The number of rotatable bonds is 6. The fraction of sp³-hybridized carbons (Fsp3) is 0.550. The Bertz CT molecular complexity index is 715. The van der Waals surface area contributed by atoms with Gasteiger partial charge >= 0.3 is 0 Å². The third-order valence-electron chi connectivity index (χ3n) is 5.17. The van der Waals surface area contributed by atoms with Crippen LogP contribution in [0.5, 0.6) is 0 Å². The first-order valence-corrected chi connectivity index (χ1v) is 9.18. The van der Waals surface area contributed by atoms with Crippen LogP contribution in [0.1, 0.15) is 29.0 Å². The number of nitrogens with zero attached hydrogens (tertiary/aromatic N) is 2. The minimum Gasteiger partial charge on any atom is -0.451 e. The first kappa shape index (κ1) is 18.0. The monoisotopic (exact) mass is 343 g/mol. The van der Waals surface area contributed by atoms with Crippen LogP contribution in [-0.4, -0.2) is 62.5 Å². The van der Waals surface area contributed by atoms with Crippen molar-refractivity contribution in [3.8, 4) is 0 Å². The number of carbonyl (C=O) groups excluding carboxylic acids is 1. The van der Waals surface area contributed by atoms with E-state index in [1.54, 1.807) is 0 Å². The Labute approximate surface area is 150 Å². The molecular weight excluding hydrogens is 314 g/mol. The molecule has 136 valence electrons. The normalized spacial score (nSPS) is 16.6. The molecule has 3 rings (SSSR count). The number of benzene rings is 1. The van der Waals surface area contributed by atoms with Gasteiger partial charge in [-0.15, -0.1) is 0 Å². The highest BCUT2D eigenvalue weighted by atomic mass is 16.3.